The molecule has 1 fully saturated rings. The molecule has 0 unspecified atom stereocenters. The van der Waals surface area contributed by atoms with Crippen LogP contribution in [-0.4, -0.2) is 32.2 Å². The molecule has 8 heteroatoms. The summed E-state index contributed by atoms with van der Waals surface area (Å²) < 4.78 is 40.1. The molecule has 3 rings (SSSR count). The molecule has 0 radical (unpaired) electrons. The highest BCUT2D eigenvalue weighted by molar-refractivity contribution is 7.91. The van der Waals surface area contributed by atoms with Crippen molar-refractivity contribution < 1.29 is 17.6 Å². The number of hydrogen-bond donors (Lipinski definition) is 1. The molecule has 0 bridgehead atoms. The van der Waals surface area contributed by atoms with Crippen molar-refractivity contribution in [2.24, 2.45) is 5.92 Å². The summed E-state index contributed by atoms with van der Waals surface area (Å²) in [6.07, 6.45) is 2.13. The lowest BCUT2D eigenvalue weighted by atomic mass is 10.2. The van der Waals surface area contributed by atoms with Gasteiger partial charge in [0.05, 0.1) is 10.6 Å². The van der Waals surface area contributed by atoms with Crippen molar-refractivity contribution in [2.75, 3.05) is 18.9 Å². The fourth-order valence-electron chi connectivity index (χ4n) is 2.27. The molecule has 128 valence electrons. The number of thiophene rings is 1. The molecule has 1 heterocycles. The van der Waals surface area contributed by atoms with Gasteiger partial charge in [0, 0.05) is 13.6 Å². The van der Waals surface area contributed by atoms with Crippen molar-refractivity contribution in [3.05, 3.63) is 47.8 Å². The van der Waals surface area contributed by atoms with Crippen LogP contribution in [0, 0.1) is 11.7 Å². The Morgan fingerprint density at radius 1 is 1.29 bits per heavy atom. The molecule has 1 aromatic heterocycles. The first-order valence-corrected chi connectivity index (χ1v) is 9.75. The van der Waals surface area contributed by atoms with Gasteiger partial charge in [-0.25, -0.2) is 12.8 Å². The Bertz CT molecular complexity index is 860. The van der Waals surface area contributed by atoms with Crippen LogP contribution in [0.4, 0.5) is 9.39 Å². The fourth-order valence-corrected chi connectivity index (χ4v) is 4.93. The number of amides is 1. The number of nitrogens with zero attached hydrogens (tertiary/aromatic N) is 1. The van der Waals surface area contributed by atoms with E-state index in [9.17, 15) is 17.6 Å². The predicted octanol–water partition coefficient (Wildman–Crippen LogP) is 3.17. The molecule has 0 spiro atoms. The second kappa shape index (κ2) is 6.62. The second-order valence-corrected chi connectivity index (χ2v) is 9.14. The van der Waals surface area contributed by atoms with Crippen molar-refractivity contribution in [3.63, 3.8) is 0 Å². The Hall–Kier alpha value is -1.77. The molecule has 0 aliphatic heterocycles. The highest BCUT2D eigenvalue weighted by Gasteiger charge is 2.30. The molecule has 1 aliphatic carbocycles. The molecule has 1 N–H and O–H groups in total. The maximum absolute atomic E-state index is 13.6. The van der Waals surface area contributed by atoms with Crippen molar-refractivity contribution in [3.8, 4) is 0 Å². The molecule has 0 atom stereocenters. The highest BCUT2D eigenvalue weighted by atomic mass is 32.2. The molecule has 1 aliphatic rings. The third kappa shape index (κ3) is 3.66. The third-order valence-corrected chi connectivity index (χ3v) is 7.10. The molecular weight excluding hydrogens is 351 g/mol. The Morgan fingerprint density at radius 3 is 2.67 bits per heavy atom. The maximum atomic E-state index is 13.6. The molecule has 1 saturated carbocycles. The Balaban J connectivity index is 1.73. The van der Waals surface area contributed by atoms with E-state index in [4.69, 9.17) is 0 Å². The summed E-state index contributed by atoms with van der Waals surface area (Å²) >= 11 is 0.960. The van der Waals surface area contributed by atoms with Crippen LogP contribution < -0.4 is 5.32 Å². The van der Waals surface area contributed by atoms with Crippen LogP contribution in [0.1, 0.15) is 23.2 Å². The van der Waals surface area contributed by atoms with Gasteiger partial charge in [-0.05, 0) is 43.0 Å². The van der Waals surface area contributed by atoms with E-state index < -0.39 is 21.7 Å². The number of carbonyl (C=O) groups excluding carboxylic acids is 1. The van der Waals surface area contributed by atoms with E-state index in [1.807, 2.05) is 0 Å². The number of benzene rings is 1. The summed E-state index contributed by atoms with van der Waals surface area (Å²) in [5.74, 6) is -0.779. The number of halogens is 1. The van der Waals surface area contributed by atoms with E-state index in [0.29, 0.717) is 17.5 Å². The molecule has 0 saturated heterocycles. The van der Waals surface area contributed by atoms with Crippen LogP contribution in [0.5, 0.6) is 0 Å². The zero-order valence-electron chi connectivity index (χ0n) is 13.0. The van der Waals surface area contributed by atoms with Crippen molar-refractivity contribution >= 4 is 32.3 Å². The average Bonchev–Trinajstić information content (AvgIpc) is 3.22. The lowest BCUT2D eigenvalue weighted by molar-refractivity contribution is 0.102. The van der Waals surface area contributed by atoms with E-state index in [2.05, 4.69) is 5.32 Å². The average molecular weight is 368 g/mol. The maximum Gasteiger partial charge on any atom is 0.259 e. The predicted molar refractivity (Wildman–Crippen MR) is 91.2 cm³/mol. The van der Waals surface area contributed by atoms with Crippen molar-refractivity contribution in [2.45, 2.75) is 17.1 Å². The van der Waals surface area contributed by atoms with Crippen molar-refractivity contribution in [1.82, 2.24) is 4.31 Å². The van der Waals surface area contributed by atoms with Crippen LogP contribution in [0.15, 0.2) is 40.6 Å². The van der Waals surface area contributed by atoms with E-state index in [-0.39, 0.29) is 9.77 Å². The number of anilines is 1. The zero-order chi connectivity index (χ0) is 17.3. The van der Waals surface area contributed by atoms with Crippen LogP contribution in [0.25, 0.3) is 0 Å². The van der Waals surface area contributed by atoms with Gasteiger partial charge in [0.2, 0.25) is 0 Å². The fraction of sp³-hybridized carbons (Fsp3) is 0.312. The normalized spacial score (nSPS) is 14.8. The summed E-state index contributed by atoms with van der Waals surface area (Å²) in [5, 5.41) is 2.90. The smallest absolute Gasteiger partial charge is 0.259 e. The SMILES string of the molecule is CN(CC1CC1)S(=O)(=O)c1ccc(NC(=O)c2ccccc2F)s1. The number of rotatable bonds is 6. The Morgan fingerprint density at radius 2 is 2.00 bits per heavy atom. The summed E-state index contributed by atoms with van der Waals surface area (Å²) in [4.78, 5) is 12.1. The first kappa shape index (κ1) is 17.1. The van der Waals surface area contributed by atoms with Gasteiger partial charge in [-0.2, -0.15) is 4.31 Å². The van der Waals surface area contributed by atoms with Gasteiger partial charge in [0.15, 0.2) is 0 Å². The molecular formula is C16H17FN2O3S2. The number of hydrogen-bond acceptors (Lipinski definition) is 4. The number of nitrogens with one attached hydrogen (secondary N) is 1. The highest BCUT2D eigenvalue weighted by Crippen LogP contribution is 2.33. The van der Waals surface area contributed by atoms with Crippen molar-refractivity contribution in [1.29, 1.82) is 0 Å². The summed E-state index contributed by atoms with van der Waals surface area (Å²) in [6, 6.07) is 8.61. The Labute approximate surface area is 144 Å². The van der Waals surface area contributed by atoms with Gasteiger partial charge in [0.1, 0.15) is 10.0 Å². The van der Waals surface area contributed by atoms with E-state index in [1.54, 1.807) is 13.1 Å². The van der Waals surface area contributed by atoms with Crippen LogP contribution in [0.2, 0.25) is 0 Å². The Kier molecular flexibility index (Phi) is 4.71. The largest absolute Gasteiger partial charge is 0.313 e. The number of sulfonamides is 1. The van der Waals surface area contributed by atoms with Crippen LogP contribution in [-0.2, 0) is 10.0 Å². The lowest BCUT2D eigenvalue weighted by Gasteiger charge is -2.15. The van der Waals surface area contributed by atoms with Gasteiger partial charge in [-0.3, -0.25) is 4.79 Å². The molecule has 5 nitrogen and oxygen atoms in total. The van der Waals surface area contributed by atoms with Crippen LogP contribution in [0.3, 0.4) is 0 Å². The first-order chi connectivity index (χ1) is 11.4. The first-order valence-electron chi connectivity index (χ1n) is 7.50. The van der Waals surface area contributed by atoms with Gasteiger partial charge >= 0.3 is 0 Å². The standard InChI is InChI=1S/C16H17FN2O3S2/c1-19(10-11-6-7-11)24(21,22)15-9-8-14(23-15)18-16(20)12-4-2-3-5-13(12)17/h2-5,8-9,11H,6-7,10H2,1H3,(H,18,20). The summed E-state index contributed by atoms with van der Waals surface area (Å²) in [7, 11) is -1.99. The van der Waals surface area contributed by atoms with E-state index in [0.717, 1.165) is 24.2 Å². The molecule has 1 aromatic carbocycles. The number of carbonyl (C=O) groups is 1. The van der Waals surface area contributed by atoms with E-state index >= 15 is 0 Å². The molecule has 1 amide bonds. The minimum Gasteiger partial charge on any atom is -0.313 e. The third-order valence-electron chi connectivity index (χ3n) is 3.81. The van der Waals surface area contributed by atoms with Gasteiger partial charge in [-0.15, -0.1) is 11.3 Å². The topological polar surface area (TPSA) is 66.5 Å². The van der Waals surface area contributed by atoms with Gasteiger partial charge in [-0.1, -0.05) is 12.1 Å². The van der Waals surface area contributed by atoms with E-state index in [1.165, 1.54) is 34.6 Å². The van der Waals surface area contributed by atoms with Crippen LogP contribution >= 0.6 is 11.3 Å². The monoisotopic (exact) mass is 368 g/mol. The molecule has 2 aromatic rings. The summed E-state index contributed by atoms with van der Waals surface area (Å²) in [5.41, 5.74) is -0.0823. The minimum absolute atomic E-state index is 0.0823. The minimum atomic E-state index is -3.56. The lowest BCUT2D eigenvalue weighted by Crippen LogP contribution is -2.28. The summed E-state index contributed by atoms with van der Waals surface area (Å²) in [6.45, 7) is 0.511. The van der Waals surface area contributed by atoms with Gasteiger partial charge < -0.3 is 5.32 Å². The van der Waals surface area contributed by atoms with Gasteiger partial charge in [0.25, 0.3) is 15.9 Å². The zero-order valence-corrected chi connectivity index (χ0v) is 14.7. The quantitative estimate of drug-likeness (QED) is 0.852. The second-order valence-electron chi connectivity index (χ2n) is 5.78. The molecule has 24 heavy (non-hydrogen) atoms.